The number of aryl methyl sites for hydroxylation is 1. The van der Waals surface area contributed by atoms with Crippen LogP contribution >= 0.6 is 15.9 Å². The number of hydrogen-bond donors (Lipinski definition) is 1. The van der Waals surface area contributed by atoms with Crippen molar-refractivity contribution in [1.82, 2.24) is 4.90 Å². The van der Waals surface area contributed by atoms with Crippen molar-refractivity contribution in [2.45, 2.75) is 19.8 Å². The summed E-state index contributed by atoms with van der Waals surface area (Å²) in [6.45, 7) is 4.59. The molecule has 0 aromatic heterocycles. The highest BCUT2D eigenvalue weighted by Gasteiger charge is 2.38. The number of rotatable bonds is 3. The van der Waals surface area contributed by atoms with Crippen LogP contribution in [0.1, 0.15) is 18.4 Å². The molecule has 23 heavy (non-hydrogen) atoms. The number of halogens is 1. The van der Waals surface area contributed by atoms with Crippen LogP contribution in [0.3, 0.4) is 0 Å². The maximum Gasteiger partial charge on any atom is 0.228 e. The van der Waals surface area contributed by atoms with E-state index in [0.717, 1.165) is 35.2 Å². The van der Waals surface area contributed by atoms with Crippen LogP contribution < -0.4 is 10.6 Å². The van der Waals surface area contributed by atoms with Crippen LogP contribution in [-0.4, -0.2) is 42.9 Å². The van der Waals surface area contributed by atoms with Gasteiger partial charge >= 0.3 is 0 Å². The van der Waals surface area contributed by atoms with Crippen LogP contribution in [-0.2, 0) is 9.59 Å². The fourth-order valence-electron chi connectivity index (χ4n) is 3.40. The van der Waals surface area contributed by atoms with Crippen LogP contribution in [0.2, 0.25) is 0 Å². The summed E-state index contributed by atoms with van der Waals surface area (Å²) < 4.78 is 1.02. The lowest BCUT2D eigenvalue weighted by Gasteiger charge is -2.21. The third-order valence-corrected chi connectivity index (χ3v) is 5.75. The maximum atomic E-state index is 12.7. The van der Waals surface area contributed by atoms with Gasteiger partial charge in [0.05, 0.1) is 5.92 Å². The van der Waals surface area contributed by atoms with Gasteiger partial charge in [0, 0.05) is 36.2 Å². The second-order valence-corrected chi connectivity index (χ2v) is 7.37. The number of hydrogen-bond acceptors (Lipinski definition) is 3. The second kappa shape index (κ2) is 6.61. The number of amides is 2. The first-order valence-electron chi connectivity index (χ1n) is 8.05. The topological polar surface area (TPSA) is 66.6 Å². The monoisotopic (exact) mass is 379 g/mol. The van der Waals surface area contributed by atoms with E-state index >= 15 is 0 Å². The molecule has 0 spiro atoms. The quantitative estimate of drug-likeness (QED) is 0.871. The largest absolute Gasteiger partial charge is 0.342 e. The Balaban J connectivity index is 1.69. The fourth-order valence-corrected chi connectivity index (χ4v) is 3.65. The lowest BCUT2D eigenvalue weighted by Crippen LogP contribution is -2.36. The van der Waals surface area contributed by atoms with Crippen molar-refractivity contribution in [2.24, 2.45) is 17.6 Å². The average molecular weight is 380 g/mol. The zero-order chi connectivity index (χ0) is 16.6. The highest BCUT2D eigenvalue weighted by atomic mass is 79.9. The number of nitrogens with zero attached hydrogens (tertiary/aromatic N) is 2. The van der Waals surface area contributed by atoms with Crippen molar-refractivity contribution in [3.63, 3.8) is 0 Å². The highest BCUT2D eigenvalue weighted by Crippen LogP contribution is 2.30. The molecule has 3 rings (SSSR count). The first kappa shape index (κ1) is 16.5. The van der Waals surface area contributed by atoms with Crippen LogP contribution in [0.25, 0.3) is 0 Å². The third kappa shape index (κ3) is 3.28. The average Bonchev–Trinajstić information content (AvgIpc) is 3.16. The minimum atomic E-state index is -0.233. The number of anilines is 1. The van der Waals surface area contributed by atoms with Crippen LogP contribution in [0, 0.1) is 18.8 Å². The van der Waals surface area contributed by atoms with E-state index in [9.17, 15) is 9.59 Å². The van der Waals surface area contributed by atoms with E-state index in [1.807, 2.05) is 30.0 Å². The molecule has 0 saturated carbocycles. The van der Waals surface area contributed by atoms with Crippen LogP contribution in [0.4, 0.5) is 5.69 Å². The van der Waals surface area contributed by atoms with Crippen molar-refractivity contribution in [1.29, 1.82) is 0 Å². The zero-order valence-corrected chi connectivity index (χ0v) is 14.9. The van der Waals surface area contributed by atoms with Crippen molar-refractivity contribution in [2.75, 3.05) is 31.1 Å². The van der Waals surface area contributed by atoms with Crippen molar-refractivity contribution >= 4 is 33.4 Å². The molecule has 2 amide bonds. The van der Waals surface area contributed by atoms with E-state index < -0.39 is 0 Å². The van der Waals surface area contributed by atoms with Gasteiger partial charge in [0.25, 0.3) is 0 Å². The lowest BCUT2D eigenvalue weighted by molar-refractivity contribution is -0.134. The second-order valence-electron chi connectivity index (χ2n) is 6.51. The molecule has 2 N–H and O–H groups in total. The van der Waals surface area contributed by atoms with Gasteiger partial charge < -0.3 is 15.5 Å². The smallest absolute Gasteiger partial charge is 0.228 e. The summed E-state index contributed by atoms with van der Waals surface area (Å²) in [4.78, 5) is 28.6. The molecule has 5 nitrogen and oxygen atoms in total. The summed E-state index contributed by atoms with van der Waals surface area (Å²) in [5.41, 5.74) is 7.64. The molecule has 2 aliphatic heterocycles. The Bertz CT molecular complexity index is 634. The molecule has 2 fully saturated rings. The van der Waals surface area contributed by atoms with Gasteiger partial charge in [-0.15, -0.1) is 0 Å². The molecule has 2 heterocycles. The fraction of sp³-hybridized carbons (Fsp3) is 0.529. The van der Waals surface area contributed by atoms with E-state index in [1.165, 1.54) is 0 Å². The summed E-state index contributed by atoms with van der Waals surface area (Å²) in [5.74, 6) is 0.300. The lowest BCUT2D eigenvalue weighted by atomic mass is 10.1. The van der Waals surface area contributed by atoms with Crippen molar-refractivity contribution < 1.29 is 9.59 Å². The van der Waals surface area contributed by atoms with Gasteiger partial charge in [-0.2, -0.15) is 0 Å². The summed E-state index contributed by atoms with van der Waals surface area (Å²) in [6, 6.07) is 5.84. The summed E-state index contributed by atoms with van der Waals surface area (Å²) >= 11 is 3.47. The Morgan fingerprint density at radius 1 is 1.39 bits per heavy atom. The molecule has 0 radical (unpaired) electrons. The SMILES string of the molecule is Cc1cc(N2C[C@@H](C(=O)N3CC[C@H](CN)C3)CC2=O)ccc1Br. The standard InChI is InChI=1S/C17H22BrN3O2/c1-11-6-14(2-3-15(11)18)21-10-13(7-16(21)22)17(23)20-5-4-12(8-19)9-20/h2-3,6,12-13H,4-5,7-10,19H2,1H3/t12-,13+/m1/s1. The predicted molar refractivity (Wildman–Crippen MR) is 93.1 cm³/mol. The molecule has 2 saturated heterocycles. The molecule has 1 aromatic carbocycles. The Morgan fingerprint density at radius 2 is 2.17 bits per heavy atom. The molecule has 6 heteroatoms. The molecule has 2 aliphatic rings. The minimum Gasteiger partial charge on any atom is -0.342 e. The Kier molecular flexibility index (Phi) is 4.73. The van der Waals surface area contributed by atoms with E-state index in [1.54, 1.807) is 4.90 Å². The zero-order valence-electron chi connectivity index (χ0n) is 13.3. The molecule has 1 aromatic rings. The minimum absolute atomic E-state index is 0.0274. The number of carbonyl (C=O) groups is 2. The van der Waals surface area contributed by atoms with Crippen LogP contribution in [0.5, 0.6) is 0 Å². The Hall–Kier alpha value is -1.40. The maximum absolute atomic E-state index is 12.7. The van der Waals surface area contributed by atoms with Gasteiger partial charge in [0.15, 0.2) is 0 Å². The van der Waals surface area contributed by atoms with Gasteiger partial charge in [-0.3, -0.25) is 9.59 Å². The molecule has 2 atom stereocenters. The van der Waals surface area contributed by atoms with E-state index in [0.29, 0.717) is 25.4 Å². The first-order valence-corrected chi connectivity index (χ1v) is 8.84. The highest BCUT2D eigenvalue weighted by molar-refractivity contribution is 9.10. The molecule has 124 valence electrons. The van der Waals surface area contributed by atoms with Crippen molar-refractivity contribution in [3.8, 4) is 0 Å². The van der Waals surface area contributed by atoms with Crippen LogP contribution in [0.15, 0.2) is 22.7 Å². The van der Waals surface area contributed by atoms with Crippen molar-refractivity contribution in [3.05, 3.63) is 28.2 Å². The van der Waals surface area contributed by atoms with Gasteiger partial charge in [-0.1, -0.05) is 15.9 Å². The normalized spacial score (nSPS) is 24.6. The predicted octanol–water partition coefficient (Wildman–Crippen LogP) is 1.92. The van der Waals surface area contributed by atoms with E-state index in [-0.39, 0.29) is 17.7 Å². The molecule has 0 bridgehead atoms. The van der Waals surface area contributed by atoms with Gasteiger partial charge in [0.2, 0.25) is 11.8 Å². The number of benzene rings is 1. The summed E-state index contributed by atoms with van der Waals surface area (Å²) in [6.07, 6.45) is 1.27. The summed E-state index contributed by atoms with van der Waals surface area (Å²) in [5, 5.41) is 0. The third-order valence-electron chi connectivity index (χ3n) is 4.86. The Labute approximate surface area is 144 Å². The van der Waals surface area contributed by atoms with Gasteiger partial charge in [0.1, 0.15) is 0 Å². The molecular formula is C17H22BrN3O2. The Morgan fingerprint density at radius 3 is 2.83 bits per heavy atom. The molecule has 0 aliphatic carbocycles. The first-order chi connectivity index (χ1) is 11.0. The molecule has 0 unspecified atom stereocenters. The number of nitrogens with two attached hydrogens (primary N) is 1. The van der Waals surface area contributed by atoms with E-state index in [2.05, 4.69) is 15.9 Å². The van der Waals surface area contributed by atoms with Gasteiger partial charge in [-0.05, 0) is 49.6 Å². The summed E-state index contributed by atoms with van der Waals surface area (Å²) in [7, 11) is 0. The molecular weight excluding hydrogens is 358 g/mol. The number of likely N-dealkylation sites (tertiary alicyclic amines) is 1. The number of carbonyl (C=O) groups excluding carboxylic acids is 2. The van der Waals surface area contributed by atoms with E-state index in [4.69, 9.17) is 5.73 Å². The van der Waals surface area contributed by atoms with Gasteiger partial charge in [-0.25, -0.2) is 0 Å².